The van der Waals surface area contributed by atoms with Gasteiger partial charge in [0.2, 0.25) is 5.91 Å². The van der Waals surface area contributed by atoms with Crippen molar-refractivity contribution in [2.24, 2.45) is 0 Å². The zero-order chi connectivity index (χ0) is 23.5. The van der Waals surface area contributed by atoms with Crippen LogP contribution >= 0.6 is 0 Å². The van der Waals surface area contributed by atoms with Crippen LogP contribution in [0.2, 0.25) is 0 Å². The smallest absolute Gasteiger partial charge is 0.338 e. The minimum Gasteiger partial charge on any atom is -0.491 e. The van der Waals surface area contributed by atoms with Crippen LogP contribution in [0.1, 0.15) is 22.8 Å². The summed E-state index contributed by atoms with van der Waals surface area (Å²) in [5.74, 6) is 0.250. The normalized spacial score (nSPS) is 15.6. The van der Waals surface area contributed by atoms with Gasteiger partial charge in [-0.25, -0.2) is 4.79 Å². The standard InChI is InChI=1S/C25H33N3O5/c1-2-32-25(31)21-8-10-23(11-9-21)33-19-22(29)17-27-12-14-28(15-13-27)18-24(30)26-16-20-6-4-3-5-7-20/h3-11,22,29H,2,12-19H2,1H3,(H,26,30). The predicted molar refractivity (Wildman–Crippen MR) is 125 cm³/mol. The van der Waals surface area contributed by atoms with Crippen molar-refractivity contribution < 1.29 is 24.2 Å². The molecule has 8 nitrogen and oxygen atoms in total. The van der Waals surface area contributed by atoms with Gasteiger partial charge in [-0.1, -0.05) is 30.3 Å². The molecule has 1 atom stereocenters. The number of aliphatic hydroxyl groups excluding tert-OH is 1. The van der Waals surface area contributed by atoms with Crippen molar-refractivity contribution in [2.75, 3.05) is 52.5 Å². The fourth-order valence-electron chi connectivity index (χ4n) is 3.63. The average Bonchev–Trinajstić information content (AvgIpc) is 2.84. The SMILES string of the molecule is CCOC(=O)c1ccc(OCC(O)CN2CCN(CC(=O)NCc3ccccc3)CC2)cc1. The molecule has 178 valence electrons. The van der Waals surface area contributed by atoms with Crippen molar-refractivity contribution in [3.8, 4) is 5.75 Å². The number of nitrogens with one attached hydrogen (secondary N) is 1. The van der Waals surface area contributed by atoms with Crippen molar-refractivity contribution in [1.82, 2.24) is 15.1 Å². The van der Waals surface area contributed by atoms with Gasteiger partial charge < -0.3 is 19.9 Å². The van der Waals surface area contributed by atoms with E-state index in [0.717, 1.165) is 31.7 Å². The van der Waals surface area contributed by atoms with E-state index in [1.165, 1.54) is 0 Å². The van der Waals surface area contributed by atoms with Crippen molar-refractivity contribution in [1.29, 1.82) is 0 Å². The minimum absolute atomic E-state index is 0.0229. The lowest BCUT2D eigenvalue weighted by atomic mass is 10.2. The van der Waals surface area contributed by atoms with Crippen LogP contribution in [0.25, 0.3) is 0 Å². The first-order valence-electron chi connectivity index (χ1n) is 11.4. The lowest BCUT2D eigenvalue weighted by Crippen LogP contribution is -2.51. The largest absolute Gasteiger partial charge is 0.491 e. The lowest BCUT2D eigenvalue weighted by Gasteiger charge is -2.35. The number of carbonyl (C=O) groups is 2. The van der Waals surface area contributed by atoms with Crippen LogP contribution < -0.4 is 10.1 Å². The van der Waals surface area contributed by atoms with Crippen LogP contribution in [0.15, 0.2) is 54.6 Å². The zero-order valence-electron chi connectivity index (χ0n) is 19.1. The van der Waals surface area contributed by atoms with Gasteiger partial charge in [-0.3, -0.25) is 14.6 Å². The summed E-state index contributed by atoms with van der Waals surface area (Å²) < 4.78 is 10.6. The molecule has 2 aromatic rings. The molecule has 1 amide bonds. The number of aliphatic hydroxyl groups is 1. The van der Waals surface area contributed by atoms with Gasteiger partial charge in [0.15, 0.2) is 0 Å². The maximum absolute atomic E-state index is 12.2. The fraction of sp³-hybridized carbons (Fsp3) is 0.440. The molecule has 1 aliphatic heterocycles. The van der Waals surface area contributed by atoms with Crippen molar-refractivity contribution >= 4 is 11.9 Å². The highest BCUT2D eigenvalue weighted by atomic mass is 16.5. The Bertz CT molecular complexity index is 867. The highest BCUT2D eigenvalue weighted by Crippen LogP contribution is 2.14. The van der Waals surface area contributed by atoms with E-state index in [4.69, 9.17) is 9.47 Å². The summed E-state index contributed by atoms with van der Waals surface area (Å²) in [4.78, 5) is 28.2. The molecule has 2 aromatic carbocycles. The molecule has 1 heterocycles. The quantitative estimate of drug-likeness (QED) is 0.497. The van der Waals surface area contributed by atoms with Crippen LogP contribution in [0.5, 0.6) is 5.75 Å². The van der Waals surface area contributed by atoms with Gasteiger partial charge in [0, 0.05) is 39.3 Å². The van der Waals surface area contributed by atoms with Gasteiger partial charge in [0.1, 0.15) is 18.5 Å². The molecule has 0 saturated carbocycles. The number of esters is 1. The van der Waals surface area contributed by atoms with Crippen molar-refractivity contribution in [3.63, 3.8) is 0 Å². The molecule has 8 heteroatoms. The molecule has 1 fully saturated rings. The van der Waals surface area contributed by atoms with Crippen molar-refractivity contribution in [3.05, 3.63) is 65.7 Å². The Labute approximate surface area is 195 Å². The van der Waals surface area contributed by atoms with E-state index < -0.39 is 6.10 Å². The maximum Gasteiger partial charge on any atom is 0.338 e. The molecule has 0 bridgehead atoms. The number of piperazine rings is 1. The molecule has 1 unspecified atom stereocenters. The number of nitrogens with zero attached hydrogens (tertiary/aromatic N) is 2. The molecule has 33 heavy (non-hydrogen) atoms. The Kier molecular flexibility index (Phi) is 9.68. The summed E-state index contributed by atoms with van der Waals surface area (Å²) in [6.45, 7) is 6.83. The summed E-state index contributed by atoms with van der Waals surface area (Å²) in [6, 6.07) is 16.5. The first-order valence-corrected chi connectivity index (χ1v) is 11.4. The van der Waals surface area contributed by atoms with E-state index in [9.17, 15) is 14.7 Å². The lowest BCUT2D eigenvalue weighted by molar-refractivity contribution is -0.122. The van der Waals surface area contributed by atoms with Crippen LogP contribution in [0.4, 0.5) is 0 Å². The second kappa shape index (κ2) is 12.9. The van der Waals surface area contributed by atoms with Crippen LogP contribution in [0, 0.1) is 0 Å². The minimum atomic E-state index is -0.629. The third-order valence-corrected chi connectivity index (χ3v) is 5.44. The second-order valence-electron chi connectivity index (χ2n) is 8.05. The number of hydrogen-bond acceptors (Lipinski definition) is 7. The van der Waals surface area contributed by atoms with Gasteiger partial charge in [0.25, 0.3) is 0 Å². The number of β-amino-alcohol motifs (C(OH)–C–C–N with tert-alkyl or cyclic N) is 1. The number of benzene rings is 2. The number of carbonyl (C=O) groups excluding carboxylic acids is 2. The number of rotatable bonds is 11. The maximum atomic E-state index is 12.2. The molecule has 0 aromatic heterocycles. The molecule has 0 radical (unpaired) electrons. The Balaban J connectivity index is 1.31. The monoisotopic (exact) mass is 455 g/mol. The van der Waals surface area contributed by atoms with E-state index in [-0.39, 0.29) is 18.5 Å². The molecule has 0 spiro atoms. The molecule has 2 N–H and O–H groups in total. The van der Waals surface area contributed by atoms with Crippen LogP contribution in [0.3, 0.4) is 0 Å². The van der Waals surface area contributed by atoms with E-state index in [2.05, 4.69) is 15.1 Å². The van der Waals surface area contributed by atoms with E-state index in [0.29, 0.717) is 37.6 Å². The molecule has 1 saturated heterocycles. The fourth-order valence-corrected chi connectivity index (χ4v) is 3.63. The van der Waals surface area contributed by atoms with E-state index in [1.54, 1.807) is 31.2 Å². The summed E-state index contributed by atoms with van der Waals surface area (Å²) in [6.07, 6.45) is -0.629. The summed E-state index contributed by atoms with van der Waals surface area (Å²) >= 11 is 0. The highest BCUT2D eigenvalue weighted by molar-refractivity contribution is 5.89. The summed E-state index contributed by atoms with van der Waals surface area (Å²) in [5, 5.41) is 13.3. The molecule has 3 rings (SSSR count). The van der Waals surface area contributed by atoms with Crippen LogP contribution in [-0.4, -0.2) is 85.4 Å². The van der Waals surface area contributed by atoms with Gasteiger partial charge in [-0.05, 0) is 36.8 Å². The number of hydrogen-bond donors (Lipinski definition) is 2. The molecule has 0 aliphatic carbocycles. The topological polar surface area (TPSA) is 91.3 Å². The van der Waals surface area contributed by atoms with Crippen molar-refractivity contribution in [2.45, 2.75) is 19.6 Å². The van der Waals surface area contributed by atoms with Crippen LogP contribution in [-0.2, 0) is 16.1 Å². The molecule has 1 aliphatic rings. The van der Waals surface area contributed by atoms with Gasteiger partial charge in [-0.2, -0.15) is 0 Å². The first-order chi connectivity index (χ1) is 16.0. The second-order valence-corrected chi connectivity index (χ2v) is 8.05. The molecular weight excluding hydrogens is 422 g/mol. The molecular formula is C25H33N3O5. The Morgan fingerprint density at radius 1 is 1.00 bits per heavy atom. The number of amides is 1. The summed E-state index contributed by atoms with van der Waals surface area (Å²) in [7, 11) is 0. The average molecular weight is 456 g/mol. The first kappa shape index (κ1) is 24.7. The Hall–Kier alpha value is -2.94. The summed E-state index contributed by atoms with van der Waals surface area (Å²) in [5.41, 5.74) is 1.55. The van der Waals surface area contributed by atoms with E-state index in [1.807, 2.05) is 30.3 Å². The third-order valence-electron chi connectivity index (χ3n) is 5.44. The zero-order valence-corrected chi connectivity index (χ0v) is 19.1. The number of ether oxygens (including phenoxy) is 2. The Morgan fingerprint density at radius 2 is 1.67 bits per heavy atom. The Morgan fingerprint density at radius 3 is 2.33 bits per heavy atom. The van der Waals surface area contributed by atoms with Gasteiger partial charge in [0.05, 0.1) is 18.7 Å². The van der Waals surface area contributed by atoms with E-state index >= 15 is 0 Å². The highest BCUT2D eigenvalue weighted by Gasteiger charge is 2.21. The third kappa shape index (κ3) is 8.49. The van der Waals surface area contributed by atoms with Gasteiger partial charge in [-0.15, -0.1) is 0 Å². The predicted octanol–water partition coefficient (Wildman–Crippen LogP) is 1.54. The van der Waals surface area contributed by atoms with Gasteiger partial charge >= 0.3 is 5.97 Å².